The molecule has 0 saturated heterocycles. The smallest absolute Gasteiger partial charge is 0.269 e. The Morgan fingerprint density at radius 2 is 2.07 bits per heavy atom. The van der Waals surface area contributed by atoms with Gasteiger partial charge in [-0.15, -0.1) is 0 Å². The van der Waals surface area contributed by atoms with E-state index < -0.39 is 4.92 Å². The minimum absolute atomic E-state index is 0.0280. The number of nitro benzene ring substituents is 1. The van der Waals surface area contributed by atoms with Crippen LogP contribution in [0.25, 0.3) is 0 Å². The van der Waals surface area contributed by atoms with Crippen molar-refractivity contribution in [1.82, 2.24) is 5.32 Å². The molecule has 0 unspecified atom stereocenters. The normalized spacial score (nSPS) is 12.4. The third-order valence-electron chi connectivity index (χ3n) is 2.08. The third-order valence-corrected chi connectivity index (χ3v) is 2.08. The van der Waals surface area contributed by atoms with Gasteiger partial charge in [0.1, 0.15) is 0 Å². The molecule has 0 aliphatic heterocycles. The lowest BCUT2D eigenvalue weighted by molar-refractivity contribution is -0.384. The van der Waals surface area contributed by atoms with E-state index in [4.69, 9.17) is 5.11 Å². The van der Waals surface area contributed by atoms with Crippen molar-refractivity contribution < 1.29 is 10.0 Å². The van der Waals surface area contributed by atoms with Gasteiger partial charge in [0.05, 0.1) is 11.5 Å². The molecular weight excluding hydrogens is 196 g/mol. The van der Waals surface area contributed by atoms with Gasteiger partial charge in [0.15, 0.2) is 0 Å². The second kappa shape index (κ2) is 5.43. The molecule has 0 aromatic heterocycles. The quantitative estimate of drug-likeness (QED) is 0.563. The first kappa shape index (κ1) is 11.6. The summed E-state index contributed by atoms with van der Waals surface area (Å²) in [5.41, 5.74) is 1.05. The summed E-state index contributed by atoms with van der Waals surface area (Å²) in [5.74, 6) is 0. The van der Waals surface area contributed by atoms with Crippen molar-refractivity contribution in [2.75, 3.05) is 6.61 Å². The maximum atomic E-state index is 10.4. The van der Waals surface area contributed by atoms with Gasteiger partial charge in [-0.05, 0) is 12.5 Å². The van der Waals surface area contributed by atoms with E-state index in [1.807, 2.05) is 6.92 Å². The molecule has 15 heavy (non-hydrogen) atoms. The van der Waals surface area contributed by atoms with E-state index in [-0.39, 0.29) is 18.3 Å². The molecule has 0 radical (unpaired) electrons. The molecule has 0 aliphatic carbocycles. The zero-order chi connectivity index (χ0) is 11.3. The highest BCUT2D eigenvalue weighted by Crippen LogP contribution is 2.11. The number of nitrogens with zero attached hydrogens (tertiary/aromatic N) is 1. The van der Waals surface area contributed by atoms with E-state index in [9.17, 15) is 10.1 Å². The summed E-state index contributed by atoms with van der Waals surface area (Å²) >= 11 is 0. The zero-order valence-corrected chi connectivity index (χ0v) is 8.51. The van der Waals surface area contributed by atoms with Crippen LogP contribution in [-0.2, 0) is 6.54 Å². The number of rotatable bonds is 5. The lowest BCUT2D eigenvalue weighted by Crippen LogP contribution is -2.28. The van der Waals surface area contributed by atoms with E-state index >= 15 is 0 Å². The second-order valence-electron chi connectivity index (χ2n) is 3.39. The fourth-order valence-corrected chi connectivity index (χ4v) is 1.09. The highest BCUT2D eigenvalue weighted by Gasteiger charge is 2.04. The van der Waals surface area contributed by atoms with Gasteiger partial charge in [-0.3, -0.25) is 10.1 Å². The van der Waals surface area contributed by atoms with Crippen LogP contribution in [-0.4, -0.2) is 22.7 Å². The lowest BCUT2D eigenvalue weighted by Gasteiger charge is -2.09. The Kier molecular flexibility index (Phi) is 4.20. The zero-order valence-electron chi connectivity index (χ0n) is 8.51. The minimum Gasteiger partial charge on any atom is -0.395 e. The molecule has 0 fully saturated rings. The van der Waals surface area contributed by atoms with Gasteiger partial charge in [-0.1, -0.05) is 12.1 Å². The van der Waals surface area contributed by atoms with Gasteiger partial charge in [0, 0.05) is 24.7 Å². The number of non-ortho nitro benzene ring substituents is 1. The lowest BCUT2D eigenvalue weighted by atomic mass is 10.2. The largest absolute Gasteiger partial charge is 0.395 e. The molecule has 5 nitrogen and oxygen atoms in total. The number of aliphatic hydroxyl groups excluding tert-OH is 1. The van der Waals surface area contributed by atoms with Crippen LogP contribution < -0.4 is 5.32 Å². The summed E-state index contributed by atoms with van der Waals surface area (Å²) in [6, 6.07) is 6.38. The predicted molar refractivity (Wildman–Crippen MR) is 56.5 cm³/mol. The summed E-state index contributed by atoms with van der Waals surface area (Å²) in [4.78, 5) is 9.96. The first-order valence-electron chi connectivity index (χ1n) is 4.71. The Balaban J connectivity index is 2.53. The van der Waals surface area contributed by atoms with Crippen molar-refractivity contribution in [3.05, 3.63) is 39.9 Å². The Labute approximate surface area is 87.9 Å². The fourth-order valence-electron chi connectivity index (χ4n) is 1.09. The summed E-state index contributed by atoms with van der Waals surface area (Å²) < 4.78 is 0. The SMILES string of the molecule is C[C@@H](CO)NCc1ccc([N+](=O)[O-])cc1. The van der Waals surface area contributed by atoms with Crippen LogP contribution in [0, 0.1) is 10.1 Å². The van der Waals surface area contributed by atoms with Crippen molar-refractivity contribution in [3.8, 4) is 0 Å². The summed E-state index contributed by atoms with van der Waals surface area (Å²) in [5, 5.41) is 22.2. The van der Waals surface area contributed by atoms with Gasteiger partial charge in [-0.2, -0.15) is 0 Å². The maximum absolute atomic E-state index is 10.4. The number of hydrogen-bond acceptors (Lipinski definition) is 4. The molecular formula is C10H14N2O3. The van der Waals surface area contributed by atoms with Gasteiger partial charge in [0.2, 0.25) is 0 Å². The Bertz CT molecular complexity index is 324. The second-order valence-corrected chi connectivity index (χ2v) is 3.39. The number of aliphatic hydroxyl groups is 1. The standard InChI is InChI=1S/C10H14N2O3/c1-8(7-13)11-6-9-2-4-10(5-3-9)12(14)15/h2-5,8,11,13H,6-7H2,1H3/t8-/m0/s1. The maximum Gasteiger partial charge on any atom is 0.269 e. The minimum atomic E-state index is -0.423. The fraction of sp³-hybridized carbons (Fsp3) is 0.400. The molecule has 1 aromatic rings. The molecule has 1 atom stereocenters. The van der Waals surface area contributed by atoms with Crippen molar-refractivity contribution in [2.45, 2.75) is 19.5 Å². The van der Waals surface area contributed by atoms with Crippen LogP contribution in [0.15, 0.2) is 24.3 Å². The molecule has 1 rings (SSSR count). The Hall–Kier alpha value is -1.46. The Morgan fingerprint density at radius 1 is 1.47 bits per heavy atom. The number of nitro groups is 1. The highest BCUT2D eigenvalue weighted by molar-refractivity contribution is 5.32. The van der Waals surface area contributed by atoms with Gasteiger partial charge in [-0.25, -0.2) is 0 Å². The monoisotopic (exact) mass is 210 g/mol. The van der Waals surface area contributed by atoms with Crippen molar-refractivity contribution >= 4 is 5.69 Å². The first-order chi connectivity index (χ1) is 7.13. The molecule has 0 spiro atoms. The number of hydrogen-bond donors (Lipinski definition) is 2. The molecule has 0 aliphatic rings. The summed E-state index contributed by atoms with van der Waals surface area (Å²) in [6.07, 6.45) is 0. The van der Waals surface area contributed by atoms with E-state index in [1.54, 1.807) is 12.1 Å². The van der Waals surface area contributed by atoms with E-state index in [0.29, 0.717) is 6.54 Å². The highest BCUT2D eigenvalue weighted by atomic mass is 16.6. The molecule has 0 saturated carbocycles. The predicted octanol–water partition coefficient (Wildman–Crippen LogP) is 1.07. The molecule has 5 heteroatoms. The molecule has 0 bridgehead atoms. The van der Waals surface area contributed by atoms with Gasteiger partial charge >= 0.3 is 0 Å². The van der Waals surface area contributed by atoms with Crippen LogP contribution in [0.4, 0.5) is 5.69 Å². The van der Waals surface area contributed by atoms with Crippen LogP contribution in [0.5, 0.6) is 0 Å². The van der Waals surface area contributed by atoms with Gasteiger partial charge in [0.25, 0.3) is 5.69 Å². The molecule has 2 N–H and O–H groups in total. The Morgan fingerprint density at radius 3 is 2.53 bits per heavy atom. The van der Waals surface area contributed by atoms with Crippen molar-refractivity contribution in [2.24, 2.45) is 0 Å². The number of nitrogens with one attached hydrogen (secondary N) is 1. The van der Waals surface area contributed by atoms with Crippen molar-refractivity contribution in [3.63, 3.8) is 0 Å². The van der Waals surface area contributed by atoms with E-state index in [0.717, 1.165) is 5.56 Å². The van der Waals surface area contributed by atoms with E-state index in [1.165, 1.54) is 12.1 Å². The van der Waals surface area contributed by atoms with Crippen molar-refractivity contribution in [1.29, 1.82) is 0 Å². The van der Waals surface area contributed by atoms with Gasteiger partial charge < -0.3 is 10.4 Å². The van der Waals surface area contributed by atoms with Crippen LogP contribution in [0.2, 0.25) is 0 Å². The average Bonchev–Trinajstić information content (AvgIpc) is 2.26. The molecule has 82 valence electrons. The molecule has 0 heterocycles. The summed E-state index contributed by atoms with van der Waals surface area (Å²) in [6.45, 7) is 2.54. The van der Waals surface area contributed by atoms with Crippen LogP contribution in [0.3, 0.4) is 0 Å². The van der Waals surface area contributed by atoms with E-state index in [2.05, 4.69) is 5.32 Å². The molecule has 0 amide bonds. The van der Waals surface area contributed by atoms with Crippen LogP contribution >= 0.6 is 0 Å². The summed E-state index contributed by atoms with van der Waals surface area (Å²) in [7, 11) is 0. The molecule has 1 aromatic carbocycles. The first-order valence-corrected chi connectivity index (χ1v) is 4.71. The average molecular weight is 210 g/mol. The third kappa shape index (κ3) is 3.65. The topological polar surface area (TPSA) is 75.4 Å². The number of benzene rings is 1. The van der Waals surface area contributed by atoms with Crippen LogP contribution in [0.1, 0.15) is 12.5 Å².